The van der Waals surface area contributed by atoms with Gasteiger partial charge in [-0.25, -0.2) is 0 Å². The molecule has 3 aromatic rings. The van der Waals surface area contributed by atoms with Gasteiger partial charge >= 0.3 is 0 Å². The highest BCUT2D eigenvalue weighted by Gasteiger charge is 2.51. The minimum atomic E-state index is -0.969. The zero-order valence-corrected chi connectivity index (χ0v) is 17.8. The van der Waals surface area contributed by atoms with Crippen molar-refractivity contribution in [1.29, 1.82) is 5.26 Å². The minimum absolute atomic E-state index is 0.460. The smallest absolute Gasteiger partial charge is 0.0947 e. The second kappa shape index (κ2) is 9.43. The number of hydrogen-bond acceptors (Lipinski definition) is 4. The second-order valence-corrected chi connectivity index (χ2v) is 8.39. The first-order valence-electron chi connectivity index (χ1n) is 11.0. The van der Waals surface area contributed by atoms with Crippen LogP contribution in [-0.4, -0.2) is 28.1 Å². The van der Waals surface area contributed by atoms with Crippen molar-refractivity contribution in [3.8, 4) is 6.07 Å². The maximum absolute atomic E-state index is 11.9. The van der Waals surface area contributed by atoms with Crippen LogP contribution in [0.3, 0.4) is 0 Å². The molecule has 4 rings (SSSR count). The first-order valence-corrected chi connectivity index (χ1v) is 11.0. The third-order valence-electron chi connectivity index (χ3n) is 6.55. The quantitative estimate of drug-likeness (QED) is 0.556. The maximum atomic E-state index is 11.9. The predicted molar refractivity (Wildman–Crippen MR) is 122 cm³/mol. The summed E-state index contributed by atoms with van der Waals surface area (Å²) >= 11 is 0. The monoisotopic (exact) mass is 411 g/mol. The van der Waals surface area contributed by atoms with Crippen LogP contribution in [0.15, 0.2) is 85.2 Å². The fourth-order valence-electron chi connectivity index (χ4n) is 4.99. The number of piperidine rings is 1. The molecular weight excluding hydrogens is 382 g/mol. The van der Waals surface area contributed by atoms with E-state index in [2.05, 4.69) is 64.5 Å². The third-order valence-corrected chi connectivity index (χ3v) is 6.55. The molecule has 2 heterocycles. The number of hydrogen-bond donors (Lipinski definition) is 1. The first kappa shape index (κ1) is 21.2. The van der Waals surface area contributed by atoms with Crippen molar-refractivity contribution < 1.29 is 5.11 Å². The van der Waals surface area contributed by atoms with Crippen molar-refractivity contribution in [2.75, 3.05) is 13.1 Å². The van der Waals surface area contributed by atoms with Gasteiger partial charge in [0.2, 0.25) is 0 Å². The molecule has 0 radical (unpaired) electrons. The van der Waals surface area contributed by atoms with Gasteiger partial charge in [0.15, 0.2) is 0 Å². The highest BCUT2D eigenvalue weighted by Crippen LogP contribution is 2.50. The molecule has 0 amide bonds. The van der Waals surface area contributed by atoms with Gasteiger partial charge in [0.05, 0.1) is 17.2 Å². The molecular formula is C27H29N3O. The topological polar surface area (TPSA) is 60.2 Å². The number of rotatable bonds is 7. The molecule has 0 bridgehead atoms. The Kier molecular flexibility index (Phi) is 6.46. The van der Waals surface area contributed by atoms with Crippen molar-refractivity contribution in [3.63, 3.8) is 0 Å². The average Bonchev–Trinajstić information content (AvgIpc) is 2.84. The Morgan fingerprint density at radius 1 is 0.903 bits per heavy atom. The number of likely N-dealkylation sites (tertiary alicyclic amines) is 1. The summed E-state index contributed by atoms with van der Waals surface area (Å²) in [4.78, 5) is 6.80. The van der Waals surface area contributed by atoms with Crippen LogP contribution in [0.4, 0.5) is 0 Å². The normalized spacial score (nSPS) is 20.8. The summed E-state index contributed by atoms with van der Waals surface area (Å²) in [5.74, 6) is 0. The molecule has 1 fully saturated rings. The summed E-state index contributed by atoms with van der Waals surface area (Å²) in [7, 11) is 0. The van der Waals surface area contributed by atoms with Gasteiger partial charge in [0.1, 0.15) is 0 Å². The lowest BCUT2D eigenvalue weighted by molar-refractivity contribution is -0.0827. The van der Waals surface area contributed by atoms with Crippen LogP contribution in [0.5, 0.6) is 0 Å². The molecule has 1 saturated heterocycles. The number of benzene rings is 2. The van der Waals surface area contributed by atoms with Gasteiger partial charge in [0.25, 0.3) is 0 Å². The van der Waals surface area contributed by atoms with E-state index in [-0.39, 0.29) is 0 Å². The fourth-order valence-corrected chi connectivity index (χ4v) is 4.99. The Hall–Kier alpha value is -3.00. The van der Waals surface area contributed by atoms with Crippen molar-refractivity contribution >= 4 is 0 Å². The van der Waals surface area contributed by atoms with Crippen LogP contribution in [0.2, 0.25) is 0 Å². The Labute approximate surface area is 184 Å². The molecule has 0 spiro atoms. The predicted octanol–water partition coefficient (Wildman–Crippen LogP) is 5.00. The zero-order valence-electron chi connectivity index (χ0n) is 17.8. The minimum Gasteiger partial charge on any atom is -0.385 e. The van der Waals surface area contributed by atoms with Crippen LogP contribution >= 0.6 is 0 Å². The lowest BCUT2D eigenvalue weighted by atomic mass is 9.67. The van der Waals surface area contributed by atoms with Crippen LogP contribution in [-0.2, 0) is 11.1 Å². The number of aromatic nitrogens is 1. The van der Waals surface area contributed by atoms with E-state index >= 15 is 0 Å². The Balaban J connectivity index is 1.82. The molecule has 0 unspecified atom stereocenters. The van der Waals surface area contributed by atoms with E-state index in [1.54, 1.807) is 12.4 Å². The number of pyridine rings is 1. The molecule has 158 valence electrons. The SMILES string of the molecule is N#CCCCCN1CC[C@](O)(c2cccnc2)CC1(c1ccccc1)c1ccccc1. The highest BCUT2D eigenvalue weighted by molar-refractivity contribution is 5.41. The average molecular weight is 412 g/mol. The molecule has 1 atom stereocenters. The summed E-state index contributed by atoms with van der Waals surface area (Å²) in [6.07, 6.45) is 7.18. The molecule has 1 aromatic heterocycles. The largest absolute Gasteiger partial charge is 0.385 e. The van der Waals surface area contributed by atoms with E-state index in [1.807, 2.05) is 24.3 Å². The van der Waals surface area contributed by atoms with E-state index in [0.29, 0.717) is 19.3 Å². The zero-order chi connectivity index (χ0) is 21.6. The lowest BCUT2D eigenvalue weighted by Crippen LogP contribution is -2.57. The molecule has 31 heavy (non-hydrogen) atoms. The second-order valence-electron chi connectivity index (χ2n) is 8.39. The molecule has 1 aliphatic rings. The van der Waals surface area contributed by atoms with Gasteiger partial charge in [-0.05, 0) is 43.0 Å². The third kappa shape index (κ3) is 4.25. The first-order chi connectivity index (χ1) is 15.2. The molecule has 1 aliphatic heterocycles. The van der Waals surface area contributed by atoms with Crippen LogP contribution < -0.4 is 0 Å². The Bertz CT molecular complexity index is 961. The van der Waals surface area contributed by atoms with Crippen molar-refractivity contribution in [3.05, 3.63) is 102 Å². The Morgan fingerprint density at radius 3 is 2.13 bits per heavy atom. The van der Waals surface area contributed by atoms with Crippen molar-refractivity contribution in [2.45, 2.75) is 43.2 Å². The van der Waals surface area contributed by atoms with Crippen LogP contribution in [0, 0.1) is 11.3 Å². The molecule has 0 saturated carbocycles. The van der Waals surface area contributed by atoms with Gasteiger partial charge in [-0.3, -0.25) is 9.88 Å². The number of nitrogens with zero attached hydrogens (tertiary/aromatic N) is 3. The van der Waals surface area contributed by atoms with Gasteiger partial charge in [-0.1, -0.05) is 66.7 Å². The van der Waals surface area contributed by atoms with Crippen LogP contribution in [0.25, 0.3) is 0 Å². The molecule has 4 nitrogen and oxygen atoms in total. The summed E-state index contributed by atoms with van der Waals surface area (Å²) in [5.41, 5.74) is 1.81. The summed E-state index contributed by atoms with van der Waals surface area (Å²) in [6.45, 7) is 1.65. The summed E-state index contributed by atoms with van der Waals surface area (Å²) in [5, 5.41) is 20.9. The Morgan fingerprint density at radius 2 is 1.55 bits per heavy atom. The fraction of sp³-hybridized carbons (Fsp3) is 0.333. The summed E-state index contributed by atoms with van der Waals surface area (Å²) < 4.78 is 0. The molecule has 2 aromatic carbocycles. The van der Waals surface area contributed by atoms with Gasteiger partial charge in [0, 0.05) is 37.3 Å². The standard InChI is InChI=1S/C27H29N3O/c28-17-8-3-9-19-30-20-16-26(31,25-15-10-18-29-21-25)22-27(30,23-11-4-1-5-12-23)24-13-6-2-7-14-24/h1-2,4-7,10-15,18,21,31H,3,8-9,16,19-20,22H2/t26-/m1/s1. The molecule has 0 aliphatic carbocycles. The number of unbranched alkanes of at least 4 members (excludes halogenated alkanes) is 2. The van der Waals surface area contributed by atoms with E-state index in [0.717, 1.165) is 31.5 Å². The van der Waals surface area contributed by atoms with E-state index in [4.69, 9.17) is 5.26 Å². The van der Waals surface area contributed by atoms with Crippen molar-refractivity contribution in [1.82, 2.24) is 9.88 Å². The van der Waals surface area contributed by atoms with Crippen LogP contribution in [0.1, 0.15) is 48.8 Å². The highest BCUT2D eigenvalue weighted by atomic mass is 16.3. The van der Waals surface area contributed by atoms with Gasteiger partial charge in [-0.15, -0.1) is 0 Å². The number of aliphatic hydroxyl groups is 1. The van der Waals surface area contributed by atoms with E-state index < -0.39 is 11.1 Å². The summed E-state index contributed by atoms with van der Waals surface area (Å²) in [6, 6.07) is 27.2. The van der Waals surface area contributed by atoms with E-state index in [9.17, 15) is 5.11 Å². The van der Waals surface area contributed by atoms with Gasteiger partial charge in [-0.2, -0.15) is 5.26 Å². The lowest BCUT2D eigenvalue weighted by Gasteiger charge is -2.53. The van der Waals surface area contributed by atoms with Gasteiger partial charge < -0.3 is 5.11 Å². The maximum Gasteiger partial charge on any atom is 0.0947 e. The van der Waals surface area contributed by atoms with Crippen molar-refractivity contribution in [2.24, 2.45) is 0 Å². The number of nitriles is 1. The van der Waals surface area contributed by atoms with E-state index in [1.165, 1.54) is 11.1 Å². The molecule has 4 heteroatoms. The molecule has 1 N–H and O–H groups in total.